The molecule has 0 fully saturated rings. The van der Waals surface area contributed by atoms with Gasteiger partial charge in [0, 0.05) is 21.4 Å². The Morgan fingerprint density at radius 3 is 1.65 bits per heavy atom. The average molecular weight is 626 g/mol. The fraction of sp³-hybridized carbons (Fsp3) is 0.286. The van der Waals surface area contributed by atoms with Crippen LogP contribution in [0.2, 0.25) is 20.1 Å². The molecule has 40 heavy (non-hydrogen) atoms. The van der Waals surface area contributed by atoms with Gasteiger partial charge in [-0.3, -0.25) is 0 Å². The van der Waals surface area contributed by atoms with Gasteiger partial charge in [0.15, 0.2) is 11.4 Å². The van der Waals surface area contributed by atoms with Gasteiger partial charge in [-0.1, -0.05) is 60.3 Å². The molecule has 0 atom stereocenters. The largest absolute Gasteiger partial charge is 0.461 e. The highest BCUT2D eigenvalue weighted by atomic mass is 35.5. The second-order valence-electron chi connectivity index (χ2n) is 8.74. The van der Waals surface area contributed by atoms with Crippen molar-refractivity contribution in [3.63, 3.8) is 0 Å². The van der Waals surface area contributed by atoms with Crippen LogP contribution in [0.1, 0.15) is 66.0 Å². The summed E-state index contributed by atoms with van der Waals surface area (Å²) >= 11 is 24.1. The maximum Gasteiger partial charge on any atom is 0.358 e. The molecule has 2 aromatic heterocycles. The van der Waals surface area contributed by atoms with E-state index in [1.165, 1.54) is 0 Å². The van der Waals surface area contributed by atoms with E-state index >= 15 is 0 Å². The van der Waals surface area contributed by atoms with Crippen LogP contribution in [-0.4, -0.2) is 44.7 Å². The molecular weight excluding hydrogens is 598 g/mol. The van der Waals surface area contributed by atoms with Crippen LogP contribution in [0.3, 0.4) is 0 Å². The Kier molecular flexibility index (Phi) is 11.0. The number of carbonyl (C=O) groups excluding carboxylic acids is 2. The molecule has 212 valence electrons. The predicted octanol–water partition coefficient (Wildman–Crippen LogP) is 8.14. The van der Waals surface area contributed by atoms with Gasteiger partial charge in [-0.2, -0.15) is 10.2 Å². The van der Waals surface area contributed by atoms with E-state index in [1.807, 2.05) is 20.8 Å². The fourth-order valence-electron chi connectivity index (χ4n) is 3.63. The second-order valence-corrected chi connectivity index (χ2v) is 10.4. The van der Waals surface area contributed by atoms with Gasteiger partial charge in [0.05, 0.1) is 34.6 Å². The van der Waals surface area contributed by atoms with Crippen LogP contribution in [0.5, 0.6) is 0 Å². The van der Waals surface area contributed by atoms with Crippen LogP contribution < -0.4 is 0 Å². The van der Waals surface area contributed by atoms with Crippen LogP contribution in [0.15, 0.2) is 48.5 Å². The van der Waals surface area contributed by atoms with E-state index in [0.717, 1.165) is 11.4 Å². The normalized spacial score (nSPS) is 10.8. The number of carbonyl (C=O) groups is 2. The molecule has 2 aromatic carbocycles. The average Bonchev–Trinajstić information content (AvgIpc) is 3.49. The molecule has 0 bridgehead atoms. The minimum atomic E-state index is -0.450. The SMILES string of the molecule is CCOC(=O)c1cc(C(C)C)n(-c2ccc(Cl)cc2Cl)n1.CCOC(=O)c1cc(C)n(-c2ccc(Cl)cc2Cl)n1. The maximum absolute atomic E-state index is 11.9. The highest BCUT2D eigenvalue weighted by Crippen LogP contribution is 2.28. The standard InChI is InChI=1S/C15H16Cl2N2O2.C13H12Cl2N2O2/c1-4-21-15(20)12-8-14(9(2)3)19(18-12)13-6-5-10(16)7-11(13)17;1-3-19-13(18)11-6-8(2)17(16-11)12-5-4-9(14)7-10(12)15/h5-9H,4H2,1-3H3;4-7H,3H2,1-2H3. The van der Waals surface area contributed by atoms with Gasteiger partial charge >= 0.3 is 11.9 Å². The van der Waals surface area contributed by atoms with Crippen molar-refractivity contribution in [2.24, 2.45) is 0 Å². The number of hydrogen-bond acceptors (Lipinski definition) is 6. The molecular formula is C28H28Cl4N4O4. The summed E-state index contributed by atoms with van der Waals surface area (Å²) in [5, 5.41) is 10.6. The molecule has 0 saturated carbocycles. The molecule has 0 spiro atoms. The molecule has 0 amide bonds. The first-order chi connectivity index (χ1) is 19.0. The van der Waals surface area contributed by atoms with Crippen LogP contribution in [-0.2, 0) is 9.47 Å². The zero-order chi connectivity index (χ0) is 29.6. The molecule has 0 unspecified atom stereocenters. The second kappa shape index (κ2) is 14.0. The van der Waals surface area contributed by atoms with Crippen molar-refractivity contribution >= 4 is 58.3 Å². The van der Waals surface area contributed by atoms with Gasteiger partial charge in [-0.15, -0.1) is 0 Å². The van der Waals surface area contributed by atoms with E-state index in [-0.39, 0.29) is 17.3 Å². The highest BCUT2D eigenvalue weighted by molar-refractivity contribution is 6.36. The Hall–Kier alpha value is -3.04. The first-order valence-corrected chi connectivity index (χ1v) is 13.9. The number of ether oxygens (including phenoxy) is 2. The van der Waals surface area contributed by atoms with Crippen molar-refractivity contribution in [3.8, 4) is 11.4 Å². The van der Waals surface area contributed by atoms with E-state index in [1.54, 1.807) is 71.7 Å². The quantitative estimate of drug-likeness (QED) is 0.193. The third-order valence-electron chi connectivity index (χ3n) is 5.46. The fourth-order valence-corrected chi connectivity index (χ4v) is 4.61. The van der Waals surface area contributed by atoms with Gasteiger partial charge in [-0.25, -0.2) is 19.0 Å². The molecule has 0 radical (unpaired) electrons. The first kappa shape index (κ1) is 31.5. The number of hydrogen-bond donors (Lipinski definition) is 0. The Morgan fingerprint density at radius 2 is 1.20 bits per heavy atom. The minimum Gasteiger partial charge on any atom is -0.461 e. The van der Waals surface area contributed by atoms with Crippen molar-refractivity contribution in [1.29, 1.82) is 0 Å². The van der Waals surface area contributed by atoms with Crippen LogP contribution >= 0.6 is 46.4 Å². The van der Waals surface area contributed by atoms with Crippen LogP contribution in [0.25, 0.3) is 11.4 Å². The lowest BCUT2D eigenvalue weighted by Crippen LogP contribution is -2.07. The summed E-state index contributed by atoms with van der Waals surface area (Å²) in [5.41, 5.74) is 3.53. The molecule has 0 aliphatic carbocycles. The number of rotatable bonds is 7. The Morgan fingerprint density at radius 1 is 0.750 bits per heavy atom. The van der Waals surface area contributed by atoms with Crippen molar-refractivity contribution in [2.75, 3.05) is 13.2 Å². The van der Waals surface area contributed by atoms with Crippen LogP contribution in [0, 0.1) is 6.92 Å². The molecule has 12 heteroatoms. The van der Waals surface area contributed by atoms with Crippen molar-refractivity contribution < 1.29 is 19.1 Å². The van der Waals surface area contributed by atoms with Crippen LogP contribution in [0.4, 0.5) is 0 Å². The highest BCUT2D eigenvalue weighted by Gasteiger charge is 2.20. The lowest BCUT2D eigenvalue weighted by Gasteiger charge is -2.11. The summed E-state index contributed by atoms with van der Waals surface area (Å²) < 4.78 is 13.2. The summed E-state index contributed by atoms with van der Waals surface area (Å²) in [4.78, 5) is 23.5. The van der Waals surface area contributed by atoms with E-state index < -0.39 is 11.9 Å². The van der Waals surface area contributed by atoms with Gasteiger partial charge in [0.2, 0.25) is 0 Å². The molecule has 0 saturated heterocycles. The summed E-state index contributed by atoms with van der Waals surface area (Å²) in [6.45, 7) is 10.0. The third kappa shape index (κ3) is 7.57. The molecule has 4 aromatic rings. The van der Waals surface area contributed by atoms with Crippen molar-refractivity contribution in [1.82, 2.24) is 19.6 Å². The van der Waals surface area contributed by atoms with Crippen molar-refractivity contribution in [2.45, 2.75) is 40.5 Å². The molecule has 8 nitrogen and oxygen atoms in total. The lowest BCUT2D eigenvalue weighted by atomic mass is 10.1. The molecule has 4 rings (SSSR count). The first-order valence-electron chi connectivity index (χ1n) is 12.4. The topological polar surface area (TPSA) is 88.2 Å². The van der Waals surface area contributed by atoms with E-state index in [0.29, 0.717) is 44.7 Å². The number of halogens is 4. The number of nitrogens with zero attached hydrogens (tertiary/aromatic N) is 4. The molecule has 2 heterocycles. The van der Waals surface area contributed by atoms with Gasteiger partial charge in [0.1, 0.15) is 0 Å². The third-order valence-corrected chi connectivity index (χ3v) is 6.54. The number of benzene rings is 2. The number of aryl methyl sites for hydroxylation is 1. The zero-order valence-electron chi connectivity index (χ0n) is 22.5. The number of esters is 2. The molecule has 0 aliphatic heterocycles. The van der Waals surface area contributed by atoms with Gasteiger partial charge < -0.3 is 9.47 Å². The summed E-state index contributed by atoms with van der Waals surface area (Å²) in [6.07, 6.45) is 0. The summed E-state index contributed by atoms with van der Waals surface area (Å²) in [5.74, 6) is -0.718. The minimum absolute atomic E-state index is 0.174. The molecule has 0 N–H and O–H groups in total. The molecule has 0 aliphatic rings. The van der Waals surface area contributed by atoms with Gasteiger partial charge in [0.25, 0.3) is 0 Å². The zero-order valence-corrected chi connectivity index (χ0v) is 25.6. The van der Waals surface area contributed by atoms with Crippen molar-refractivity contribution in [3.05, 3.63) is 91.4 Å². The summed E-state index contributed by atoms with van der Waals surface area (Å²) in [6, 6.07) is 13.6. The monoisotopic (exact) mass is 624 g/mol. The van der Waals surface area contributed by atoms with E-state index in [2.05, 4.69) is 10.2 Å². The maximum atomic E-state index is 11.9. The Balaban J connectivity index is 0.000000222. The van der Waals surface area contributed by atoms with E-state index in [4.69, 9.17) is 55.9 Å². The number of aromatic nitrogens is 4. The smallest absolute Gasteiger partial charge is 0.358 e. The summed E-state index contributed by atoms with van der Waals surface area (Å²) in [7, 11) is 0. The Labute approximate surface area is 252 Å². The predicted molar refractivity (Wildman–Crippen MR) is 158 cm³/mol. The lowest BCUT2D eigenvalue weighted by molar-refractivity contribution is 0.0509. The Bertz CT molecular complexity index is 1510. The van der Waals surface area contributed by atoms with Gasteiger partial charge in [-0.05, 0) is 75.2 Å². The van der Waals surface area contributed by atoms with E-state index in [9.17, 15) is 9.59 Å².